The van der Waals surface area contributed by atoms with Gasteiger partial charge in [0, 0.05) is 12.7 Å². The molecule has 0 heterocycles. The molecular weight excluding hydrogens is 534 g/mol. The zero-order valence-corrected chi connectivity index (χ0v) is 24.4. The van der Waals surface area contributed by atoms with Gasteiger partial charge in [0.05, 0.1) is 4.75 Å². The van der Waals surface area contributed by atoms with Crippen LogP contribution in [0.3, 0.4) is 0 Å². The van der Waals surface area contributed by atoms with Crippen molar-refractivity contribution in [1.82, 2.24) is 4.90 Å². The summed E-state index contributed by atoms with van der Waals surface area (Å²) in [6, 6.07) is 28.4. The average molecular weight is 568 g/mol. The van der Waals surface area contributed by atoms with Gasteiger partial charge >= 0.3 is 12.1 Å². The molecule has 0 spiro atoms. The molecule has 206 valence electrons. The third-order valence-electron chi connectivity index (χ3n) is 5.79. The molecule has 2 amide bonds. The Morgan fingerprint density at radius 1 is 0.821 bits per heavy atom. The first-order valence-electron chi connectivity index (χ1n) is 12.6. The highest BCUT2D eigenvalue weighted by Crippen LogP contribution is 2.49. The van der Waals surface area contributed by atoms with Crippen LogP contribution in [0.2, 0.25) is 0 Å². The van der Waals surface area contributed by atoms with Crippen molar-refractivity contribution in [2.24, 2.45) is 0 Å². The lowest BCUT2D eigenvalue weighted by Crippen LogP contribution is -2.52. The van der Waals surface area contributed by atoms with Crippen molar-refractivity contribution in [3.05, 3.63) is 108 Å². The minimum atomic E-state index is -1.29. The van der Waals surface area contributed by atoms with E-state index in [-0.39, 0.29) is 5.75 Å². The maximum absolute atomic E-state index is 13.4. The van der Waals surface area contributed by atoms with Gasteiger partial charge in [0.25, 0.3) is 0 Å². The molecule has 0 radical (unpaired) electrons. The fraction of sp³-hybridized carbons (Fsp3) is 0.323. The van der Waals surface area contributed by atoms with Gasteiger partial charge in [-0.25, -0.2) is 14.5 Å². The largest absolute Gasteiger partial charge is 0.445 e. The first-order valence-corrected chi connectivity index (χ1v) is 14.1. The summed E-state index contributed by atoms with van der Waals surface area (Å²) in [6.07, 6.45) is -0.926. The van der Waals surface area contributed by atoms with Crippen molar-refractivity contribution < 1.29 is 23.9 Å². The predicted molar refractivity (Wildman–Crippen MR) is 156 cm³/mol. The van der Waals surface area contributed by atoms with Crippen molar-refractivity contribution >= 4 is 41.3 Å². The van der Waals surface area contributed by atoms with E-state index in [2.05, 4.69) is 0 Å². The topological polar surface area (TPSA) is 72.9 Å². The lowest BCUT2D eigenvalue weighted by atomic mass is 9.84. The van der Waals surface area contributed by atoms with Crippen LogP contribution in [0, 0.1) is 0 Å². The Bertz CT molecular complexity index is 1150. The minimum absolute atomic E-state index is 0.0138. The van der Waals surface area contributed by atoms with Crippen LogP contribution in [0.25, 0.3) is 0 Å². The Hall–Kier alpha value is -3.29. The number of rotatable bonds is 9. The maximum atomic E-state index is 13.4. The number of hydrogen-bond donors (Lipinski definition) is 0. The first kappa shape index (κ1) is 30.3. The number of hydrogen-bond acceptors (Lipinski definition) is 6. The summed E-state index contributed by atoms with van der Waals surface area (Å²) in [6.45, 7) is 7.79. The van der Waals surface area contributed by atoms with E-state index in [1.807, 2.05) is 91.0 Å². The standard InChI is InChI=1S/C31H34ClNO5S/c1-22(32)37-28(35)27(33(23(2)34)29(36)38-30(3,4)5)21-39-31(24-15-9-6-10-16-24,25-17-11-7-12-18-25)26-19-13-8-14-20-26/h6-20,22,27H,21H2,1-5H3/t22?,27-/m0/s1. The van der Waals surface area contributed by atoms with Gasteiger partial charge in [-0.2, -0.15) is 0 Å². The van der Waals surface area contributed by atoms with E-state index in [0.717, 1.165) is 21.6 Å². The van der Waals surface area contributed by atoms with Crippen molar-refractivity contribution in [1.29, 1.82) is 0 Å². The molecule has 0 bridgehead atoms. The number of esters is 1. The highest BCUT2D eigenvalue weighted by Gasteiger charge is 2.42. The molecule has 3 aromatic carbocycles. The fourth-order valence-electron chi connectivity index (χ4n) is 4.25. The fourth-order valence-corrected chi connectivity index (χ4v) is 5.93. The molecule has 3 aromatic rings. The number of thioether (sulfide) groups is 1. The normalized spacial score (nSPS) is 13.2. The quantitative estimate of drug-likeness (QED) is 0.158. The predicted octanol–water partition coefficient (Wildman–Crippen LogP) is 6.99. The summed E-state index contributed by atoms with van der Waals surface area (Å²) < 4.78 is 10.0. The van der Waals surface area contributed by atoms with Crippen LogP contribution in [0.1, 0.15) is 51.3 Å². The molecule has 0 saturated heterocycles. The molecule has 3 rings (SSSR count). The van der Waals surface area contributed by atoms with Crippen molar-refractivity contribution in [2.75, 3.05) is 5.75 Å². The van der Waals surface area contributed by atoms with Crippen molar-refractivity contribution in [2.45, 2.75) is 56.6 Å². The SMILES string of the molecule is CC(=O)N(C(=O)OC(C)(C)C)[C@@H](CSC(c1ccccc1)(c1ccccc1)c1ccccc1)C(=O)OC(C)Cl. The Balaban J connectivity index is 2.17. The van der Waals surface area contributed by atoms with E-state index in [9.17, 15) is 14.4 Å². The number of carbonyl (C=O) groups excluding carboxylic acids is 3. The highest BCUT2D eigenvalue weighted by molar-refractivity contribution is 8.00. The Morgan fingerprint density at radius 3 is 1.56 bits per heavy atom. The molecule has 0 saturated carbocycles. The first-order chi connectivity index (χ1) is 18.5. The van der Waals surface area contributed by atoms with Gasteiger partial charge in [-0.15, -0.1) is 11.8 Å². The van der Waals surface area contributed by atoms with E-state index in [1.54, 1.807) is 20.8 Å². The summed E-state index contributed by atoms with van der Waals surface area (Å²) in [5.74, 6) is -1.42. The number of imide groups is 1. The number of nitrogens with zero attached hydrogens (tertiary/aromatic N) is 1. The van der Waals surface area contributed by atoms with Crippen LogP contribution < -0.4 is 0 Å². The van der Waals surface area contributed by atoms with Crippen molar-refractivity contribution in [3.63, 3.8) is 0 Å². The molecule has 8 heteroatoms. The summed E-state index contributed by atoms with van der Waals surface area (Å²) in [4.78, 5) is 40.2. The maximum Gasteiger partial charge on any atom is 0.417 e. The van der Waals surface area contributed by atoms with Crippen LogP contribution in [0.15, 0.2) is 91.0 Å². The van der Waals surface area contributed by atoms with E-state index in [0.29, 0.717) is 0 Å². The zero-order valence-electron chi connectivity index (χ0n) is 22.8. The molecule has 0 N–H and O–H groups in total. The molecule has 2 atom stereocenters. The molecule has 0 fully saturated rings. The summed E-state index contributed by atoms with van der Waals surface area (Å²) in [7, 11) is 0. The number of amides is 2. The van der Waals surface area contributed by atoms with E-state index in [1.165, 1.54) is 25.6 Å². The van der Waals surface area contributed by atoms with Gasteiger partial charge in [0.15, 0.2) is 5.56 Å². The highest BCUT2D eigenvalue weighted by atomic mass is 35.5. The molecule has 0 aliphatic heterocycles. The van der Waals surface area contributed by atoms with Crippen LogP contribution in [-0.4, -0.2) is 45.8 Å². The van der Waals surface area contributed by atoms with Gasteiger partial charge in [-0.1, -0.05) is 103 Å². The number of halogens is 1. The van der Waals surface area contributed by atoms with Gasteiger partial charge in [-0.05, 0) is 44.4 Å². The molecule has 1 unspecified atom stereocenters. The Labute approximate surface area is 239 Å². The van der Waals surface area contributed by atoms with Crippen LogP contribution in [0.4, 0.5) is 4.79 Å². The van der Waals surface area contributed by atoms with Gasteiger partial charge in [-0.3, -0.25) is 4.79 Å². The smallest absolute Gasteiger partial charge is 0.417 e. The summed E-state index contributed by atoms with van der Waals surface area (Å²) in [5.41, 5.74) is 1.07. The second-order valence-corrected chi connectivity index (χ2v) is 11.8. The van der Waals surface area contributed by atoms with Crippen LogP contribution in [-0.2, 0) is 23.8 Å². The third kappa shape index (κ3) is 7.64. The third-order valence-corrected chi connectivity index (χ3v) is 7.50. The molecular formula is C31H34ClNO5S. The van der Waals surface area contributed by atoms with Gasteiger partial charge < -0.3 is 9.47 Å². The monoisotopic (exact) mass is 567 g/mol. The minimum Gasteiger partial charge on any atom is -0.445 e. The van der Waals surface area contributed by atoms with E-state index >= 15 is 0 Å². The summed E-state index contributed by atoms with van der Waals surface area (Å²) >= 11 is 7.42. The Morgan fingerprint density at radius 2 is 1.23 bits per heavy atom. The molecule has 6 nitrogen and oxygen atoms in total. The zero-order chi connectivity index (χ0) is 28.6. The van der Waals surface area contributed by atoms with E-state index < -0.39 is 39.9 Å². The summed E-state index contributed by atoms with van der Waals surface area (Å²) in [5, 5.41) is 0. The van der Waals surface area contributed by atoms with Crippen LogP contribution in [0.5, 0.6) is 0 Å². The lowest BCUT2D eigenvalue weighted by Gasteiger charge is -2.37. The number of benzene rings is 3. The molecule has 39 heavy (non-hydrogen) atoms. The molecule has 0 aliphatic carbocycles. The van der Waals surface area contributed by atoms with E-state index in [4.69, 9.17) is 21.1 Å². The number of alkyl halides is 1. The Kier molecular flexibility index (Phi) is 10.2. The second kappa shape index (κ2) is 13.2. The number of ether oxygens (including phenoxy) is 2. The molecule has 0 aromatic heterocycles. The van der Waals surface area contributed by atoms with Crippen LogP contribution >= 0.6 is 23.4 Å². The molecule has 0 aliphatic rings. The average Bonchev–Trinajstić information content (AvgIpc) is 2.88. The lowest BCUT2D eigenvalue weighted by molar-refractivity contribution is -0.154. The van der Waals surface area contributed by atoms with Gasteiger partial charge in [0.1, 0.15) is 11.6 Å². The van der Waals surface area contributed by atoms with Gasteiger partial charge in [0.2, 0.25) is 5.91 Å². The number of carbonyl (C=O) groups is 3. The van der Waals surface area contributed by atoms with Crippen molar-refractivity contribution in [3.8, 4) is 0 Å². The second-order valence-electron chi connectivity index (χ2n) is 9.96.